The number of urea groups is 1. The maximum absolute atomic E-state index is 11.8. The molecule has 1 unspecified atom stereocenters. The zero-order valence-electron chi connectivity index (χ0n) is 11.1. The second-order valence-electron chi connectivity index (χ2n) is 5.07. The first-order valence-electron chi connectivity index (χ1n) is 6.80. The van der Waals surface area contributed by atoms with Crippen LogP contribution in [0.5, 0.6) is 0 Å². The highest BCUT2D eigenvalue weighted by atomic mass is 16.5. The van der Waals surface area contributed by atoms with Gasteiger partial charge in [-0.15, -0.1) is 0 Å². The summed E-state index contributed by atoms with van der Waals surface area (Å²) in [4.78, 5) is 23.0. The number of ether oxygens (including phenoxy) is 1. The SMILES string of the molecule is O=C1Cc2cc(NC(=O)NCC3CCCO3)ccc2N1. The predicted octanol–water partition coefficient (Wildman–Crippen LogP) is 1.48. The first-order chi connectivity index (χ1) is 9.70. The summed E-state index contributed by atoms with van der Waals surface area (Å²) >= 11 is 0. The Hall–Kier alpha value is -2.08. The maximum atomic E-state index is 11.8. The molecule has 0 saturated carbocycles. The third kappa shape index (κ3) is 2.91. The predicted molar refractivity (Wildman–Crippen MR) is 74.8 cm³/mol. The minimum Gasteiger partial charge on any atom is -0.376 e. The van der Waals surface area contributed by atoms with Gasteiger partial charge in [0.2, 0.25) is 5.91 Å². The van der Waals surface area contributed by atoms with Gasteiger partial charge in [-0.25, -0.2) is 4.79 Å². The summed E-state index contributed by atoms with van der Waals surface area (Å²) in [5.74, 6) is -0.0139. The molecule has 1 atom stereocenters. The lowest BCUT2D eigenvalue weighted by Gasteiger charge is -2.12. The van der Waals surface area contributed by atoms with Crippen molar-refractivity contribution in [3.8, 4) is 0 Å². The molecule has 6 heteroatoms. The molecule has 2 heterocycles. The average molecular weight is 275 g/mol. The molecular formula is C14H17N3O3. The van der Waals surface area contributed by atoms with Crippen LogP contribution in [0.3, 0.4) is 0 Å². The monoisotopic (exact) mass is 275 g/mol. The van der Waals surface area contributed by atoms with E-state index in [1.54, 1.807) is 12.1 Å². The summed E-state index contributed by atoms with van der Waals surface area (Å²) in [5.41, 5.74) is 2.41. The number of carbonyl (C=O) groups is 2. The minimum absolute atomic E-state index is 0.0139. The molecule has 3 N–H and O–H groups in total. The fourth-order valence-corrected chi connectivity index (χ4v) is 2.49. The highest BCUT2D eigenvalue weighted by Gasteiger charge is 2.18. The van der Waals surface area contributed by atoms with Crippen molar-refractivity contribution in [2.24, 2.45) is 0 Å². The zero-order valence-corrected chi connectivity index (χ0v) is 11.1. The number of anilines is 2. The molecule has 2 aliphatic heterocycles. The molecule has 1 saturated heterocycles. The normalized spacial score (nSPS) is 20.4. The van der Waals surface area contributed by atoms with Gasteiger partial charge in [0.15, 0.2) is 0 Å². The van der Waals surface area contributed by atoms with Crippen LogP contribution in [-0.4, -0.2) is 31.2 Å². The Morgan fingerprint density at radius 3 is 3.15 bits per heavy atom. The van der Waals surface area contributed by atoms with Crippen LogP contribution in [0.25, 0.3) is 0 Å². The topological polar surface area (TPSA) is 79.5 Å². The summed E-state index contributed by atoms with van der Waals surface area (Å²) in [7, 11) is 0. The van der Waals surface area contributed by atoms with Crippen LogP contribution in [-0.2, 0) is 16.0 Å². The van der Waals surface area contributed by atoms with Gasteiger partial charge in [0.1, 0.15) is 0 Å². The lowest BCUT2D eigenvalue weighted by Crippen LogP contribution is -2.35. The van der Waals surface area contributed by atoms with Crippen LogP contribution in [0.1, 0.15) is 18.4 Å². The van der Waals surface area contributed by atoms with E-state index in [4.69, 9.17) is 4.74 Å². The average Bonchev–Trinajstić information content (AvgIpc) is 3.04. The third-order valence-electron chi connectivity index (χ3n) is 3.50. The van der Waals surface area contributed by atoms with E-state index in [0.29, 0.717) is 18.7 Å². The quantitative estimate of drug-likeness (QED) is 0.781. The molecule has 0 radical (unpaired) electrons. The second kappa shape index (κ2) is 5.50. The summed E-state index contributed by atoms with van der Waals surface area (Å²) in [6, 6.07) is 5.14. The van der Waals surface area contributed by atoms with E-state index in [0.717, 1.165) is 30.7 Å². The molecule has 0 bridgehead atoms. The van der Waals surface area contributed by atoms with Gasteiger partial charge in [0.25, 0.3) is 0 Å². The molecule has 1 fully saturated rings. The van der Waals surface area contributed by atoms with Crippen molar-refractivity contribution in [1.82, 2.24) is 5.32 Å². The molecule has 0 spiro atoms. The number of fused-ring (bicyclic) bond motifs is 1. The highest BCUT2D eigenvalue weighted by Crippen LogP contribution is 2.25. The van der Waals surface area contributed by atoms with Crippen molar-refractivity contribution in [3.63, 3.8) is 0 Å². The maximum Gasteiger partial charge on any atom is 0.319 e. The van der Waals surface area contributed by atoms with Crippen LogP contribution in [0.4, 0.5) is 16.2 Å². The van der Waals surface area contributed by atoms with Crippen LogP contribution in [0, 0.1) is 0 Å². The van der Waals surface area contributed by atoms with Gasteiger partial charge < -0.3 is 20.7 Å². The number of hydrogen-bond donors (Lipinski definition) is 3. The Morgan fingerprint density at radius 1 is 1.45 bits per heavy atom. The fraction of sp³-hybridized carbons (Fsp3) is 0.429. The van der Waals surface area contributed by atoms with Gasteiger partial charge in [-0.3, -0.25) is 4.79 Å². The van der Waals surface area contributed by atoms with Crippen molar-refractivity contribution < 1.29 is 14.3 Å². The van der Waals surface area contributed by atoms with E-state index in [9.17, 15) is 9.59 Å². The fourth-order valence-electron chi connectivity index (χ4n) is 2.49. The molecule has 6 nitrogen and oxygen atoms in total. The van der Waals surface area contributed by atoms with E-state index >= 15 is 0 Å². The van der Waals surface area contributed by atoms with E-state index < -0.39 is 0 Å². The first-order valence-corrected chi connectivity index (χ1v) is 6.80. The smallest absolute Gasteiger partial charge is 0.319 e. The molecule has 106 valence electrons. The lowest BCUT2D eigenvalue weighted by molar-refractivity contribution is -0.115. The lowest BCUT2D eigenvalue weighted by atomic mass is 10.1. The Kier molecular flexibility index (Phi) is 3.56. The Bertz CT molecular complexity index is 538. The van der Waals surface area contributed by atoms with Crippen molar-refractivity contribution in [2.45, 2.75) is 25.4 Å². The Balaban J connectivity index is 1.53. The van der Waals surface area contributed by atoms with Crippen LogP contribution in [0.2, 0.25) is 0 Å². The molecule has 2 aliphatic rings. The number of benzene rings is 1. The molecular weight excluding hydrogens is 258 g/mol. The van der Waals surface area contributed by atoms with Gasteiger partial charge in [-0.2, -0.15) is 0 Å². The standard InChI is InChI=1S/C14H17N3O3/c18-13-7-9-6-10(3-4-12(9)17-13)16-14(19)15-8-11-2-1-5-20-11/h3-4,6,11H,1-2,5,7-8H2,(H,17,18)(H2,15,16,19). The van der Waals surface area contributed by atoms with Crippen molar-refractivity contribution in [1.29, 1.82) is 0 Å². The molecule has 0 aromatic heterocycles. The van der Waals surface area contributed by atoms with Gasteiger partial charge in [-0.1, -0.05) is 0 Å². The van der Waals surface area contributed by atoms with Crippen molar-refractivity contribution >= 4 is 23.3 Å². The highest BCUT2D eigenvalue weighted by molar-refractivity contribution is 6.00. The molecule has 3 amide bonds. The van der Waals surface area contributed by atoms with Gasteiger partial charge >= 0.3 is 6.03 Å². The summed E-state index contributed by atoms with van der Waals surface area (Å²) in [6.45, 7) is 1.30. The Labute approximate surface area is 116 Å². The number of nitrogens with one attached hydrogen (secondary N) is 3. The number of carbonyl (C=O) groups excluding carboxylic acids is 2. The van der Waals surface area contributed by atoms with E-state index in [-0.39, 0.29) is 18.0 Å². The molecule has 1 aromatic rings. The van der Waals surface area contributed by atoms with Gasteiger partial charge in [0, 0.05) is 24.5 Å². The van der Waals surface area contributed by atoms with Gasteiger partial charge in [0.05, 0.1) is 12.5 Å². The minimum atomic E-state index is -0.252. The van der Waals surface area contributed by atoms with E-state index in [1.807, 2.05) is 6.07 Å². The van der Waals surface area contributed by atoms with Gasteiger partial charge in [-0.05, 0) is 36.6 Å². The largest absolute Gasteiger partial charge is 0.376 e. The number of hydrogen-bond acceptors (Lipinski definition) is 3. The zero-order chi connectivity index (χ0) is 13.9. The van der Waals surface area contributed by atoms with Crippen LogP contribution in [0.15, 0.2) is 18.2 Å². The Morgan fingerprint density at radius 2 is 2.35 bits per heavy atom. The van der Waals surface area contributed by atoms with Crippen LogP contribution < -0.4 is 16.0 Å². The summed E-state index contributed by atoms with van der Waals surface area (Å²) < 4.78 is 5.44. The number of rotatable bonds is 3. The third-order valence-corrected chi connectivity index (χ3v) is 3.50. The van der Waals surface area contributed by atoms with Crippen LogP contribution >= 0.6 is 0 Å². The summed E-state index contributed by atoms with van der Waals surface area (Å²) in [6.07, 6.45) is 2.54. The summed E-state index contributed by atoms with van der Waals surface area (Å²) in [5, 5.41) is 8.31. The molecule has 0 aliphatic carbocycles. The second-order valence-corrected chi connectivity index (χ2v) is 5.07. The molecule has 3 rings (SSSR count). The first kappa shape index (κ1) is 12.9. The van der Waals surface area contributed by atoms with Crippen molar-refractivity contribution in [3.05, 3.63) is 23.8 Å². The number of amides is 3. The molecule has 1 aromatic carbocycles. The van der Waals surface area contributed by atoms with E-state index in [2.05, 4.69) is 16.0 Å². The van der Waals surface area contributed by atoms with E-state index in [1.165, 1.54) is 0 Å². The van der Waals surface area contributed by atoms with Crippen molar-refractivity contribution in [2.75, 3.05) is 23.8 Å². The molecule has 20 heavy (non-hydrogen) atoms.